The molecule has 1 aromatic heterocycles. The summed E-state index contributed by atoms with van der Waals surface area (Å²) in [7, 11) is 3.18. The second-order valence-corrected chi connectivity index (χ2v) is 7.07. The number of ether oxygens (including phenoxy) is 3. The second kappa shape index (κ2) is 11.6. The topological polar surface area (TPSA) is 77.0 Å². The molecule has 7 nitrogen and oxygen atoms in total. The molecule has 32 heavy (non-hydrogen) atoms. The SMILES string of the molecule is CCNC(=NCc1ccc(Oc2c(OC)cccc2OC)nc1)NCc1ccccc1C. The van der Waals surface area contributed by atoms with Crippen molar-refractivity contribution < 1.29 is 14.2 Å². The van der Waals surface area contributed by atoms with Gasteiger partial charge in [0.15, 0.2) is 17.5 Å². The number of pyridine rings is 1. The monoisotopic (exact) mass is 434 g/mol. The van der Waals surface area contributed by atoms with Crippen molar-refractivity contribution in [1.82, 2.24) is 15.6 Å². The average Bonchev–Trinajstić information content (AvgIpc) is 2.82. The van der Waals surface area contributed by atoms with E-state index in [2.05, 4.69) is 39.7 Å². The van der Waals surface area contributed by atoms with Crippen LogP contribution in [0.15, 0.2) is 65.8 Å². The zero-order valence-corrected chi connectivity index (χ0v) is 19.0. The molecule has 0 saturated heterocycles. The Morgan fingerprint density at radius 3 is 2.31 bits per heavy atom. The van der Waals surface area contributed by atoms with Crippen molar-refractivity contribution in [3.63, 3.8) is 0 Å². The van der Waals surface area contributed by atoms with Crippen molar-refractivity contribution in [1.29, 1.82) is 0 Å². The number of aryl methyl sites for hydroxylation is 1. The number of nitrogens with zero attached hydrogens (tertiary/aromatic N) is 2. The van der Waals surface area contributed by atoms with Crippen LogP contribution in [-0.4, -0.2) is 31.7 Å². The molecule has 0 atom stereocenters. The van der Waals surface area contributed by atoms with Crippen LogP contribution in [0.5, 0.6) is 23.1 Å². The maximum atomic E-state index is 5.92. The van der Waals surface area contributed by atoms with Crippen LogP contribution < -0.4 is 24.8 Å². The molecule has 3 rings (SSSR count). The number of hydrogen-bond acceptors (Lipinski definition) is 5. The third-order valence-corrected chi connectivity index (χ3v) is 4.86. The number of para-hydroxylation sites is 1. The molecule has 0 unspecified atom stereocenters. The molecule has 168 valence electrons. The minimum atomic E-state index is 0.449. The predicted octanol–water partition coefficient (Wildman–Crippen LogP) is 4.45. The molecule has 0 fully saturated rings. The van der Waals surface area contributed by atoms with Gasteiger partial charge in [-0.2, -0.15) is 0 Å². The summed E-state index contributed by atoms with van der Waals surface area (Å²) in [4.78, 5) is 9.08. The lowest BCUT2D eigenvalue weighted by atomic mass is 10.1. The summed E-state index contributed by atoms with van der Waals surface area (Å²) >= 11 is 0. The van der Waals surface area contributed by atoms with Gasteiger partial charge in [-0.15, -0.1) is 0 Å². The van der Waals surface area contributed by atoms with E-state index in [1.165, 1.54) is 11.1 Å². The number of aromatic nitrogens is 1. The molecule has 3 aromatic rings. The molecule has 0 aliphatic rings. The fraction of sp³-hybridized carbons (Fsp3) is 0.280. The predicted molar refractivity (Wildman–Crippen MR) is 127 cm³/mol. The number of benzene rings is 2. The van der Waals surface area contributed by atoms with Crippen LogP contribution in [0, 0.1) is 6.92 Å². The van der Waals surface area contributed by atoms with E-state index in [0.29, 0.717) is 36.2 Å². The minimum Gasteiger partial charge on any atom is -0.493 e. The van der Waals surface area contributed by atoms with Gasteiger partial charge < -0.3 is 24.8 Å². The van der Waals surface area contributed by atoms with Gasteiger partial charge in [0.2, 0.25) is 11.6 Å². The lowest BCUT2D eigenvalue weighted by Crippen LogP contribution is -2.36. The molecule has 0 aliphatic heterocycles. The highest BCUT2D eigenvalue weighted by molar-refractivity contribution is 5.79. The molecule has 0 aliphatic carbocycles. The Morgan fingerprint density at radius 1 is 0.938 bits per heavy atom. The van der Waals surface area contributed by atoms with E-state index in [4.69, 9.17) is 14.2 Å². The quantitative estimate of drug-likeness (QED) is 0.383. The standard InChI is InChI=1S/C25H30N4O3/c1-5-26-25(29-17-20-10-7-6-9-18(20)2)28-16-19-13-14-23(27-15-19)32-24-21(30-3)11-8-12-22(24)31-4/h6-15H,5,16-17H2,1-4H3,(H2,26,28,29). The van der Waals surface area contributed by atoms with Crippen LogP contribution in [0.3, 0.4) is 0 Å². The van der Waals surface area contributed by atoms with E-state index in [9.17, 15) is 0 Å². The third-order valence-electron chi connectivity index (χ3n) is 4.86. The zero-order valence-electron chi connectivity index (χ0n) is 19.0. The number of nitrogens with one attached hydrogen (secondary N) is 2. The number of rotatable bonds is 9. The Balaban J connectivity index is 1.65. The van der Waals surface area contributed by atoms with Crippen LogP contribution in [0.4, 0.5) is 0 Å². The third kappa shape index (κ3) is 6.14. The molecule has 0 amide bonds. The van der Waals surface area contributed by atoms with Crippen molar-refractivity contribution in [2.75, 3.05) is 20.8 Å². The van der Waals surface area contributed by atoms with Crippen LogP contribution in [-0.2, 0) is 13.1 Å². The van der Waals surface area contributed by atoms with E-state index < -0.39 is 0 Å². The van der Waals surface area contributed by atoms with Crippen molar-refractivity contribution in [3.8, 4) is 23.1 Å². The molecule has 0 radical (unpaired) electrons. The molecule has 2 aromatic carbocycles. The molecule has 0 saturated carbocycles. The summed E-state index contributed by atoms with van der Waals surface area (Å²) in [6, 6.07) is 17.5. The van der Waals surface area contributed by atoms with Gasteiger partial charge in [0.25, 0.3) is 0 Å². The first-order valence-electron chi connectivity index (χ1n) is 10.5. The molecule has 0 spiro atoms. The lowest BCUT2D eigenvalue weighted by Gasteiger charge is -2.13. The highest BCUT2D eigenvalue weighted by Gasteiger charge is 2.13. The van der Waals surface area contributed by atoms with Crippen molar-refractivity contribution in [2.45, 2.75) is 26.9 Å². The van der Waals surface area contributed by atoms with Gasteiger partial charge in [-0.05, 0) is 42.7 Å². The number of hydrogen-bond donors (Lipinski definition) is 2. The van der Waals surface area contributed by atoms with Gasteiger partial charge in [0.05, 0.1) is 20.8 Å². The van der Waals surface area contributed by atoms with Crippen molar-refractivity contribution in [3.05, 3.63) is 77.5 Å². The summed E-state index contributed by atoms with van der Waals surface area (Å²) in [6.45, 7) is 6.14. The van der Waals surface area contributed by atoms with Gasteiger partial charge >= 0.3 is 0 Å². The van der Waals surface area contributed by atoms with E-state index in [1.807, 2.05) is 49.4 Å². The minimum absolute atomic E-state index is 0.449. The Morgan fingerprint density at radius 2 is 1.69 bits per heavy atom. The normalized spacial score (nSPS) is 11.1. The van der Waals surface area contributed by atoms with Crippen LogP contribution in [0.2, 0.25) is 0 Å². The molecular formula is C25H30N4O3. The fourth-order valence-electron chi connectivity index (χ4n) is 3.09. The second-order valence-electron chi connectivity index (χ2n) is 7.07. The van der Waals surface area contributed by atoms with Crippen LogP contribution in [0.1, 0.15) is 23.6 Å². The summed E-state index contributed by atoms with van der Waals surface area (Å²) in [6.07, 6.45) is 1.76. The number of aliphatic imine (C=N–C) groups is 1. The van der Waals surface area contributed by atoms with E-state index in [1.54, 1.807) is 20.4 Å². The first-order chi connectivity index (χ1) is 15.6. The highest BCUT2D eigenvalue weighted by Crippen LogP contribution is 2.39. The summed E-state index contributed by atoms with van der Waals surface area (Å²) in [5.74, 6) is 2.86. The Labute approximate surface area is 189 Å². The Kier molecular flexibility index (Phi) is 8.31. The van der Waals surface area contributed by atoms with Crippen molar-refractivity contribution >= 4 is 5.96 Å². The van der Waals surface area contributed by atoms with Crippen molar-refractivity contribution in [2.24, 2.45) is 4.99 Å². The molecule has 7 heteroatoms. The van der Waals surface area contributed by atoms with Gasteiger partial charge in [-0.3, -0.25) is 0 Å². The molecular weight excluding hydrogens is 404 g/mol. The van der Waals surface area contributed by atoms with Gasteiger partial charge in [-0.1, -0.05) is 36.4 Å². The maximum absolute atomic E-state index is 5.92. The summed E-state index contributed by atoms with van der Waals surface area (Å²) in [5, 5.41) is 6.66. The number of methoxy groups -OCH3 is 2. The fourth-order valence-corrected chi connectivity index (χ4v) is 3.09. The molecule has 2 N–H and O–H groups in total. The summed E-state index contributed by atoms with van der Waals surface area (Å²) < 4.78 is 16.7. The van der Waals surface area contributed by atoms with Gasteiger partial charge in [-0.25, -0.2) is 9.98 Å². The first kappa shape index (κ1) is 22.9. The first-order valence-corrected chi connectivity index (χ1v) is 10.5. The molecule has 0 bridgehead atoms. The Bertz CT molecular complexity index is 1010. The zero-order chi connectivity index (χ0) is 22.8. The Hall–Kier alpha value is -3.74. The van der Waals surface area contributed by atoms with E-state index >= 15 is 0 Å². The highest BCUT2D eigenvalue weighted by atomic mass is 16.5. The van der Waals surface area contributed by atoms with Gasteiger partial charge in [0, 0.05) is 25.4 Å². The van der Waals surface area contributed by atoms with E-state index in [-0.39, 0.29) is 0 Å². The van der Waals surface area contributed by atoms with Crippen LogP contribution >= 0.6 is 0 Å². The molecule has 1 heterocycles. The van der Waals surface area contributed by atoms with Gasteiger partial charge in [0.1, 0.15) is 0 Å². The smallest absolute Gasteiger partial charge is 0.219 e. The van der Waals surface area contributed by atoms with Crippen LogP contribution in [0.25, 0.3) is 0 Å². The maximum Gasteiger partial charge on any atom is 0.219 e. The summed E-state index contributed by atoms with van der Waals surface area (Å²) in [5.41, 5.74) is 3.47. The lowest BCUT2D eigenvalue weighted by molar-refractivity contribution is 0.342. The number of guanidine groups is 1. The van der Waals surface area contributed by atoms with E-state index in [0.717, 1.165) is 18.1 Å². The average molecular weight is 435 g/mol. The largest absolute Gasteiger partial charge is 0.493 e.